The molecule has 0 aliphatic rings. The van der Waals surface area contributed by atoms with Gasteiger partial charge in [0.2, 0.25) is 0 Å². The number of nitrogens with zero attached hydrogens (tertiary/aromatic N) is 3. The highest BCUT2D eigenvalue weighted by Crippen LogP contribution is 2.30. The van der Waals surface area contributed by atoms with Gasteiger partial charge in [-0.25, -0.2) is 18.7 Å². The van der Waals surface area contributed by atoms with Crippen molar-refractivity contribution < 1.29 is 27.1 Å². The maximum atomic E-state index is 14.5. The number of hydrogen-bond acceptors (Lipinski definition) is 4. The van der Waals surface area contributed by atoms with E-state index in [4.69, 9.17) is 4.74 Å². The molecule has 2 aromatic heterocycles. The lowest BCUT2D eigenvalue weighted by Crippen LogP contribution is -2.32. The van der Waals surface area contributed by atoms with Gasteiger partial charge < -0.3 is 10.1 Å². The zero-order valence-electron chi connectivity index (χ0n) is 15.8. The second kappa shape index (κ2) is 7.34. The van der Waals surface area contributed by atoms with E-state index in [0.29, 0.717) is 5.56 Å². The summed E-state index contributed by atoms with van der Waals surface area (Å²) >= 11 is 0. The molecule has 0 spiro atoms. The van der Waals surface area contributed by atoms with Gasteiger partial charge >= 0.3 is 12.3 Å². The molecule has 0 radical (unpaired) electrons. The van der Waals surface area contributed by atoms with Crippen molar-refractivity contribution in [3.8, 4) is 11.4 Å². The summed E-state index contributed by atoms with van der Waals surface area (Å²) < 4.78 is 59.2. The first kappa shape index (κ1) is 20.6. The minimum absolute atomic E-state index is 0.0308. The molecular weight excluding hydrogens is 392 g/mol. The van der Waals surface area contributed by atoms with Crippen molar-refractivity contribution in [2.45, 2.75) is 39.1 Å². The number of aromatic nitrogens is 3. The summed E-state index contributed by atoms with van der Waals surface area (Å²) in [5.74, 6) is -0.714. The lowest BCUT2D eigenvalue weighted by atomic mass is 10.1. The number of alkyl carbamates (subject to hydrolysis) is 1. The summed E-state index contributed by atoms with van der Waals surface area (Å²) in [6.45, 7) is 5.21. The lowest BCUT2D eigenvalue weighted by Gasteiger charge is -2.19. The van der Waals surface area contributed by atoms with Crippen molar-refractivity contribution in [3.05, 3.63) is 53.5 Å². The van der Waals surface area contributed by atoms with E-state index in [9.17, 15) is 22.4 Å². The number of nitrogens with one attached hydrogen (secondary N) is 1. The quantitative estimate of drug-likeness (QED) is 0.642. The number of benzene rings is 1. The van der Waals surface area contributed by atoms with E-state index in [1.165, 1.54) is 12.1 Å². The van der Waals surface area contributed by atoms with Crippen LogP contribution in [0.2, 0.25) is 0 Å². The first-order valence-electron chi connectivity index (χ1n) is 8.62. The van der Waals surface area contributed by atoms with Crippen LogP contribution in [0.5, 0.6) is 0 Å². The van der Waals surface area contributed by atoms with Gasteiger partial charge in [0.1, 0.15) is 11.4 Å². The van der Waals surface area contributed by atoms with E-state index < -0.39 is 29.3 Å². The average Bonchev–Trinajstić information content (AvgIpc) is 3.00. The highest BCUT2D eigenvalue weighted by atomic mass is 19.4. The fourth-order valence-electron chi connectivity index (χ4n) is 2.51. The van der Waals surface area contributed by atoms with Crippen LogP contribution in [0.25, 0.3) is 17.0 Å². The van der Waals surface area contributed by atoms with E-state index in [0.717, 1.165) is 22.8 Å². The zero-order chi connectivity index (χ0) is 21.4. The highest BCUT2D eigenvalue weighted by molar-refractivity contribution is 5.67. The second-order valence-electron chi connectivity index (χ2n) is 7.32. The van der Waals surface area contributed by atoms with E-state index in [1.807, 2.05) is 0 Å². The molecule has 154 valence electrons. The Labute approximate surface area is 163 Å². The molecule has 3 aromatic rings. The van der Waals surface area contributed by atoms with Crippen molar-refractivity contribution >= 4 is 11.7 Å². The number of halogens is 4. The van der Waals surface area contributed by atoms with Crippen LogP contribution in [-0.2, 0) is 17.5 Å². The monoisotopic (exact) mass is 410 g/mol. The first-order chi connectivity index (χ1) is 13.4. The number of rotatable bonds is 3. The molecule has 0 aliphatic carbocycles. The Morgan fingerprint density at radius 3 is 2.52 bits per heavy atom. The highest BCUT2D eigenvalue weighted by Gasteiger charge is 2.31. The van der Waals surface area contributed by atoms with Gasteiger partial charge in [-0.05, 0) is 50.6 Å². The van der Waals surface area contributed by atoms with Gasteiger partial charge in [0.25, 0.3) is 0 Å². The molecule has 0 saturated carbocycles. The molecule has 2 heterocycles. The number of carbonyl (C=O) groups excluding carboxylic acids is 1. The molecular formula is C19H18F4N4O2. The second-order valence-corrected chi connectivity index (χ2v) is 7.32. The molecule has 0 atom stereocenters. The topological polar surface area (TPSA) is 68.5 Å². The van der Waals surface area contributed by atoms with Crippen LogP contribution in [0, 0.1) is 5.82 Å². The van der Waals surface area contributed by atoms with Crippen LogP contribution in [0.1, 0.15) is 31.9 Å². The molecule has 29 heavy (non-hydrogen) atoms. The standard InChI is InChI=1S/C19H18F4N4O2/c1-18(2,3)29-17(28)24-10-11-4-5-13(14(20)8-11)16-25-15-9-12(19(21,22)23)6-7-27(15)26-16/h4-9H,10H2,1-3H3,(H,24,28). The smallest absolute Gasteiger partial charge is 0.416 e. The van der Waals surface area contributed by atoms with Gasteiger partial charge in [0.15, 0.2) is 11.5 Å². The number of ether oxygens (including phenoxy) is 1. The molecule has 1 amide bonds. The van der Waals surface area contributed by atoms with E-state index in [1.54, 1.807) is 26.8 Å². The minimum atomic E-state index is -4.51. The lowest BCUT2D eigenvalue weighted by molar-refractivity contribution is -0.137. The predicted molar refractivity (Wildman–Crippen MR) is 96.5 cm³/mol. The van der Waals surface area contributed by atoms with Crippen LogP contribution in [-0.4, -0.2) is 26.3 Å². The molecule has 1 aromatic carbocycles. The first-order valence-corrected chi connectivity index (χ1v) is 8.62. The number of carbonyl (C=O) groups is 1. The summed E-state index contributed by atoms with van der Waals surface area (Å²) in [6.07, 6.45) is -4.03. The van der Waals surface area contributed by atoms with Crippen molar-refractivity contribution in [2.75, 3.05) is 0 Å². The summed E-state index contributed by atoms with van der Waals surface area (Å²) in [6, 6.07) is 5.86. The fraction of sp³-hybridized carbons (Fsp3) is 0.316. The maximum Gasteiger partial charge on any atom is 0.416 e. The SMILES string of the molecule is CC(C)(C)OC(=O)NCc1ccc(-c2nc3cc(C(F)(F)F)ccn3n2)c(F)c1. The third-order valence-corrected chi connectivity index (χ3v) is 3.77. The normalized spacial score (nSPS) is 12.2. The summed E-state index contributed by atoms with van der Waals surface area (Å²) in [5, 5.41) is 6.53. The van der Waals surface area contributed by atoms with Gasteiger partial charge in [-0.2, -0.15) is 13.2 Å². The largest absolute Gasteiger partial charge is 0.444 e. The predicted octanol–water partition coefficient (Wildman–Crippen LogP) is 4.58. The molecule has 6 nitrogen and oxygen atoms in total. The maximum absolute atomic E-state index is 14.5. The molecule has 0 fully saturated rings. The molecule has 3 rings (SSSR count). The minimum Gasteiger partial charge on any atom is -0.444 e. The number of amides is 1. The average molecular weight is 410 g/mol. The Morgan fingerprint density at radius 1 is 1.17 bits per heavy atom. The van der Waals surface area contributed by atoms with Gasteiger partial charge in [0.05, 0.1) is 11.1 Å². The van der Waals surface area contributed by atoms with Crippen LogP contribution in [0.3, 0.4) is 0 Å². The van der Waals surface area contributed by atoms with Crippen LogP contribution in [0.4, 0.5) is 22.4 Å². The van der Waals surface area contributed by atoms with Crippen LogP contribution >= 0.6 is 0 Å². The molecule has 0 unspecified atom stereocenters. The Kier molecular flexibility index (Phi) is 5.20. The molecule has 0 bridgehead atoms. The summed E-state index contributed by atoms with van der Waals surface area (Å²) in [4.78, 5) is 15.7. The number of alkyl halides is 3. The third kappa shape index (κ3) is 5.01. The van der Waals surface area contributed by atoms with Gasteiger partial charge in [-0.15, -0.1) is 5.10 Å². The zero-order valence-corrected chi connectivity index (χ0v) is 15.8. The molecule has 0 aliphatic heterocycles. The van der Waals surface area contributed by atoms with Gasteiger partial charge in [0, 0.05) is 12.7 Å². The molecule has 0 saturated heterocycles. The molecule has 10 heteroatoms. The number of fused-ring (bicyclic) bond motifs is 1. The van der Waals surface area contributed by atoms with Gasteiger partial charge in [-0.3, -0.25) is 0 Å². The van der Waals surface area contributed by atoms with Crippen molar-refractivity contribution in [1.29, 1.82) is 0 Å². The van der Waals surface area contributed by atoms with Crippen LogP contribution < -0.4 is 5.32 Å². The van der Waals surface area contributed by atoms with E-state index in [2.05, 4.69) is 15.4 Å². The Bertz CT molecular complexity index is 1050. The van der Waals surface area contributed by atoms with Crippen molar-refractivity contribution in [1.82, 2.24) is 19.9 Å². The third-order valence-electron chi connectivity index (χ3n) is 3.77. The molecule has 1 N–H and O–H groups in total. The van der Waals surface area contributed by atoms with Gasteiger partial charge in [-0.1, -0.05) is 6.07 Å². The van der Waals surface area contributed by atoms with E-state index in [-0.39, 0.29) is 23.6 Å². The van der Waals surface area contributed by atoms with E-state index >= 15 is 0 Å². The Morgan fingerprint density at radius 2 is 1.90 bits per heavy atom. The van der Waals surface area contributed by atoms with Crippen LogP contribution in [0.15, 0.2) is 36.5 Å². The fourth-order valence-corrected chi connectivity index (χ4v) is 2.51. The summed E-state index contributed by atoms with van der Waals surface area (Å²) in [7, 11) is 0. The number of pyridine rings is 1. The summed E-state index contributed by atoms with van der Waals surface area (Å²) in [5.41, 5.74) is -1.07. The Balaban J connectivity index is 1.79. The number of hydrogen-bond donors (Lipinski definition) is 1. The Hall–Kier alpha value is -3.17. The van der Waals surface area contributed by atoms with Crippen molar-refractivity contribution in [2.24, 2.45) is 0 Å². The van der Waals surface area contributed by atoms with Crippen molar-refractivity contribution in [3.63, 3.8) is 0 Å².